The van der Waals surface area contributed by atoms with Crippen LogP contribution in [0, 0.1) is 4.51 Å². The summed E-state index contributed by atoms with van der Waals surface area (Å²) < 4.78 is 0.517. The minimum atomic E-state index is -0.124. The molecule has 0 aromatic heterocycles. The normalized spacial score (nSPS) is 12.3. The fourth-order valence-electron chi connectivity index (χ4n) is 2.83. The molecule has 1 aromatic carbocycles. The average Bonchev–Trinajstić information content (AvgIpc) is 2.40. The van der Waals surface area contributed by atoms with Gasteiger partial charge in [-0.2, -0.15) is 0 Å². The lowest BCUT2D eigenvalue weighted by Crippen LogP contribution is -2.36. The van der Waals surface area contributed by atoms with Gasteiger partial charge in [0.25, 0.3) is 0 Å². The maximum absolute atomic E-state index is 12.0. The molecule has 0 heterocycles. The van der Waals surface area contributed by atoms with Gasteiger partial charge in [-0.05, 0) is 37.9 Å². The van der Waals surface area contributed by atoms with E-state index < -0.39 is 0 Å². The molecule has 0 amide bonds. The SMILES string of the molecule is CCCN(CC)CCCN(C)c1c(C(C)(C)C)c(=O)c1=S. The zero-order valence-corrected chi connectivity index (χ0v) is 15.3. The highest BCUT2D eigenvalue weighted by Gasteiger charge is 2.29. The standard InChI is InChI=1S/C17H30N2OS/c1-7-10-19(8-2)12-9-11-18(6)14-13(17(3,4)5)15(20)16(14)21/h7-12H2,1-6H3. The summed E-state index contributed by atoms with van der Waals surface area (Å²) in [5.74, 6) is 0. The average molecular weight is 311 g/mol. The van der Waals surface area contributed by atoms with E-state index in [4.69, 9.17) is 12.2 Å². The maximum atomic E-state index is 12.0. The van der Waals surface area contributed by atoms with Gasteiger partial charge in [0.2, 0.25) is 5.43 Å². The molecule has 4 heteroatoms. The van der Waals surface area contributed by atoms with E-state index in [2.05, 4.69) is 51.5 Å². The first kappa shape index (κ1) is 18.3. The van der Waals surface area contributed by atoms with Crippen LogP contribution in [0.1, 0.15) is 53.0 Å². The third kappa shape index (κ3) is 4.36. The van der Waals surface area contributed by atoms with E-state index in [-0.39, 0.29) is 10.8 Å². The minimum absolute atomic E-state index is 0.0699. The highest BCUT2D eigenvalue weighted by Crippen LogP contribution is 2.32. The van der Waals surface area contributed by atoms with Gasteiger partial charge in [-0.25, -0.2) is 0 Å². The summed E-state index contributed by atoms with van der Waals surface area (Å²) in [5.41, 5.74) is 1.85. The van der Waals surface area contributed by atoms with Gasteiger partial charge in [0.15, 0.2) is 0 Å². The smallest absolute Gasteiger partial charge is 0.204 e. The van der Waals surface area contributed by atoms with E-state index in [0.29, 0.717) is 4.51 Å². The maximum Gasteiger partial charge on any atom is 0.204 e. The van der Waals surface area contributed by atoms with Gasteiger partial charge in [-0.3, -0.25) is 4.79 Å². The molecule has 0 unspecified atom stereocenters. The van der Waals surface area contributed by atoms with Crippen molar-refractivity contribution in [2.75, 3.05) is 38.1 Å². The van der Waals surface area contributed by atoms with Crippen LogP contribution in [0.2, 0.25) is 0 Å². The molecule has 1 rings (SSSR count). The van der Waals surface area contributed by atoms with Crippen molar-refractivity contribution in [3.8, 4) is 0 Å². The summed E-state index contributed by atoms with van der Waals surface area (Å²) in [5, 5.41) is 0. The Labute approximate surface area is 134 Å². The van der Waals surface area contributed by atoms with Crippen molar-refractivity contribution >= 4 is 17.9 Å². The van der Waals surface area contributed by atoms with Crippen LogP contribution in [0.3, 0.4) is 0 Å². The zero-order chi connectivity index (χ0) is 16.2. The van der Waals surface area contributed by atoms with E-state index in [0.717, 1.165) is 43.9 Å². The van der Waals surface area contributed by atoms with Crippen molar-refractivity contribution in [1.82, 2.24) is 4.90 Å². The van der Waals surface area contributed by atoms with E-state index in [1.165, 1.54) is 6.42 Å². The molecule has 0 spiro atoms. The Morgan fingerprint density at radius 1 is 1.10 bits per heavy atom. The monoisotopic (exact) mass is 310 g/mol. The van der Waals surface area contributed by atoms with Crippen LogP contribution < -0.4 is 10.3 Å². The molecule has 1 aromatic rings. The van der Waals surface area contributed by atoms with Crippen LogP contribution in [0.4, 0.5) is 5.69 Å². The van der Waals surface area contributed by atoms with Gasteiger partial charge in [-0.15, -0.1) is 0 Å². The fraction of sp³-hybridized carbons (Fsp3) is 0.765. The zero-order valence-electron chi connectivity index (χ0n) is 14.5. The molecular weight excluding hydrogens is 280 g/mol. The Morgan fingerprint density at radius 3 is 2.19 bits per heavy atom. The molecule has 0 atom stereocenters. The van der Waals surface area contributed by atoms with Gasteiger partial charge in [0.05, 0.1) is 5.69 Å². The van der Waals surface area contributed by atoms with Crippen LogP contribution >= 0.6 is 12.2 Å². The van der Waals surface area contributed by atoms with E-state index in [9.17, 15) is 4.79 Å². The summed E-state index contributed by atoms with van der Waals surface area (Å²) in [6, 6.07) is 0. The molecule has 21 heavy (non-hydrogen) atoms. The Balaban J connectivity index is 2.66. The lowest BCUT2D eigenvalue weighted by molar-refractivity contribution is 0.286. The van der Waals surface area contributed by atoms with Gasteiger partial charge in [0.1, 0.15) is 4.51 Å². The molecular formula is C17H30N2OS. The number of hydrogen-bond donors (Lipinski definition) is 0. The fourth-order valence-corrected chi connectivity index (χ4v) is 3.19. The number of nitrogens with zero attached hydrogens (tertiary/aromatic N) is 2. The molecule has 120 valence electrons. The van der Waals surface area contributed by atoms with Gasteiger partial charge in [0, 0.05) is 19.2 Å². The molecule has 0 aliphatic rings. The van der Waals surface area contributed by atoms with Crippen LogP contribution in [-0.2, 0) is 5.41 Å². The first-order valence-electron chi connectivity index (χ1n) is 8.01. The van der Waals surface area contributed by atoms with Crippen LogP contribution in [0.5, 0.6) is 0 Å². The first-order chi connectivity index (χ1) is 9.73. The Morgan fingerprint density at radius 2 is 1.71 bits per heavy atom. The van der Waals surface area contributed by atoms with E-state index in [1.807, 2.05) is 0 Å². The topological polar surface area (TPSA) is 23.6 Å². The van der Waals surface area contributed by atoms with Crippen molar-refractivity contribution in [3.05, 3.63) is 20.3 Å². The predicted molar refractivity (Wildman–Crippen MR) is 94.9 cm³/mol. The summed E-state index contributed by atoms with van der Waals surface area (Å²) >= 11 is 5.26. The van der Waals surface area contributed by atoms with Crippen molar-refractivity contribution in [2.24, 2.45) is 0 Å². The molecule has 0 aliphatic carbocycles. The molecule has 0 N–H and O–H groups in total. The number of anilines is 1. The minimum Gasteiger partial charge on any atom is -0.373 e. The second-order valence-electron chi connectivity index (χ2n) is 6.84. The van der Waals surface area contributed by atoms with Gasteiger partial charge >= 0.3 is 0 Å². The van der Waals surface area contributed by atoms with E-state index >= 15 is 0 Å². The highest BCUT2D eigenvalue weighted by molar-refractivity contribution is 7.71. The summed E-state index contributed by atoms with van der Waals surface area (Å²) in [6.45, 7) is 15.0. The summed E-state index contributed by atoms with van der Waals surface area (Å²) in [7, 11) is 2.05. The third-order valence-electron chi connectivity index (χ3n) is 3.97. The van der Waals surface area contributed by atoms with E-state index in [1.54, 1.807) is 0 Å². The van der Waals surface area contributed by atoms with Crippen molar-refractivity contribution < 1.29 is 0 Å². The molecule has 0 aliphatic heterocycles. The molecule has 0 saturated heterocycles. The largest absolute Gasteiger partial charge is 0.373 e. The van der Waals surface area contributed by atoms with Crippen molar-refractivity contribution in [3.63, 3.8) is 0 Å². The lowest BCUT2D eigenvalue weighted by atomic mass is 9.82. The second kappa shape index (κ2) is 7.50. The second-order valence-corrected chi connectivity index (χ2v) is 7.25. The Kier molecular flexibility index (Phi) is 6.54. The molecule has 3 nitrogen and oxygen atoms in total. The molecule has 0 saturated carbocycles. The highest BCUT2D eigenvalue weighted by atomic mass is 32.1. The predicted octanol–water partition coefficient (Wildman–Crippen LogP) is 3.51. The number of rotatable bonds is 8. The van der Waals surface area contributed by atoms with Gasteiger partial charge < -0.3 is 9.80 Å². The van der Waals surface area contributed by atoms with Crippen molar-refractivity contribution in [1.29, 1.82) is 0 Å². The number of hydrogen-bond acceptors (Lipinski definition) is 4. The molecule has 0 fully saturated rings. The van der Waals surface area contributed by atoms with Crippen LogP contribution in [0.25, 0.3) is 0 Å². The quantitative estimate of drug-likeness (QED) is 0.686. The lowest BCUT2D eigenvalue weighted by Gasteiger charge is -2.31. The van der Waals surface area contributed by atoms with Gasteiger partial charge in [-0.1, -0.05) is 46.8 Å². The summed E-state index contributed by atoms with van der Waals surface area (Å²) in [6.07, 6.45) is 2.30. The van der Waals surface area contributed by atoms with Crippen LogP contribution in [0.15, 0.2) is 4.79 Å². The Bertz CT molecular complexity index is 523. The Hall–Kier alpha value is -0.740. The summed E-state index contributed by atoms with van der Waals surface area (Å²) in [4.78, 5) is 16.6. The van der Waals surface area contributed by atoms with Crippen molar-refractivity contribution in [2.45, 2.75) is 52.9 Å². The first-order valence-corrected chi connectivity index (χ1v) is 8.42. The third-order valence-corrected chi connectivity index (χ3v) is 4.35. The molecule has 0 radical (unpaired) electrons. The molecule has 0 bridgehead atoms. The van der Waals surface area contributed by atoms with Crippen LogP contribution in [-0.4, -0.2) is 38.1 Å².